The van der Waals surface area contributed by atoms with Gasteiger partial charge in [-0.15, -0.1) is 0 Å². The predicted molar refractivity (Wildman–Crippen MR) is 64.7 cm³/mol. The molecule has 3 rings (SSSR count). The summed E-state index contributed by atoms with van der Waals surface area (Å²) in [6.07, 6.45) is 2.90. The molecule has 2 heteroatoms. The van der Waals surface area contributed by atoms with Crippen molar-refractivity contribution in [1.82, 2.24) is 5.32 Å². The van der Waals surface area contributed by atoms with E-state index in [0.717, 1.165) is 17.6 Å². The van der Waals surface area contributed by atoms with Gasteiger partial charge in [0.05, 0.1) is 6.10 Å². The summed E-state index contributed by atoms with van der Waals surface area (Å²) in [6.45, 7) is 4.50. The standard InChI is InChI=1S/C14H19NO/c1-10-4-2-3-5-14(10)16-13-6-11-8-15-9-12(11)7-13/h2-5,11-13,15H,6-9H2,1H3. The van der Waals surface area contributed by atoms with Crippen LogP contribution in [-0.2, 0) is 0 Å². The average Bonchev–Trinajstić information content (AvgIpc) is 2.81. The highest BCUT2D eigenvalue weighted by Crippen LogP contribution is 2.36. The number of fused-ring (bicyclic) bond motifs is 1. The number of ether oxygens (including phenoxy) is 1. The molecule has 1 aliphatic heterocycles. The second kappa shape index (κ2) is 4.10. The number of aryl methyl sites for hydroxylation is 1. The van der Waals surface area contributed by atoms with E-state index >= 15 is 0 Å². The van der Waals surface area contributed by atoms with E-state index < -0.39 is 0 Å². The molecule has 86 valence electrons. The molecular weight excluding hydrogens is 198 g/mol. The second-order valence-electron chi connectivity index (χ2n) is 5.16. The smallest absolute Gasteiger partial charge is 0.122 e. The lowest BCUT2D eigenvalue weighted by atomic mass is 10.0. The van der Waals surface area contributed by atoms with Gasteiger partial charge in [0, 0.05) is 0 Å². The van der Waals surface area contributed by atoms with E-state index in [4.69, 9.17) is 4.74 Å². The minimum atomic E-state index is 0.443. The summed E-state index contributed by atoms with van der Waals surface area (Å²) in [5.41, 5.74) is 1.25. The lowest BCUT2D eigenvalue weighted by Gasteiger charge is -2.16. The highest BCUT2D eigenvalue weighted by molar-refractivity contribution is 5.32. The van der Waals surface area contributed by atoms with Crippen LogP contribution in [0.1, 0.15) is 18.4 Å². The Morgan fingerprint density at radius 2 is 1.81 bits per heavy atom. The lowest BCUT2D eigenvalue weighted by molar-refractivity contribution is 0.198. The van der Waals surface area contributed by atoms with Crippen LogP contribution in [0.2, 0.25) is 0 Å². The van der Waals surface area contributed by atoms with Crippen LogP contribution in [0.5, 0.6) is 5.75 Å². The molecule has 0 aromatic heterocycles. The molecule has 1 aromatic carbocycles. The normalized spacial score (nSPS) is 32.7. The SMILES string of the molecule is Cc1ccccc1OC1CC2CNCC2C1. The maximum atomic E-state index is 6.11. The Balaban J connectivity index is 1.66. The zero-order chi connectivity index (χ0) is 11.0. The molecule has 1 aliphatic carbocycles. The maximum Gasteiger partial charge on any atom is 0.122 e. The summed E-state index contributed by atoms with van der Waals surface area (Å²) < 4.78 is 6.11. The number of hydrogen-bond acceptors (Lipinski definition) is 2. The van der Waals surface area contributed by atoms with Crippen molar-refractivity contribution in [1.29, 1.82) is 0 Å². The third-order valence-electron chi connectivity index (χ3n) is 4.00. The van der Waals surface area contributed by atoms with Crippen molar-refractivity contribution < 1.29 is 4.74 Å². The fourth-order valence-electron chi connectivity index (χ4n) is 3.08. The highest BCUT2D eigenvalue weighted by atomic mass is 16.5. The molecule has 2 nitrogen and oxygen atoms in total. The Kier molecular flexibility index (Phi) is 2.60. The van der Waals surface area contributed by atoms with E-state index in [1.165, 1.54) is 31.5 Å². The Morgan fingerprint density at radius 3 is 2.50 bits per heavy atom. The van der Waals surface area contributed by atoms with E-state index in [1.54, 1.807) is 0 Å². The van der Waals surface area contributed by atoms with Crippen LogP contribution in [0.15, 0.2) is 24.3 Å². The average molecular weight is 217 g/mol. The van der Waals surface area contributed by atoms with Gasteiger partial charge in [-0.1, -0.05) is 18.2 Å². The van der Waals surface area contributed by atoms with Crippen LogP contribution in [0.4, 0.5) is 0 Å². The van der Waals surface area contributed by atoms with Crippen molar-refractivity contribution in [3.63, 3.8) is 0 Å². The van der Waals surface area contributed by atoms with Gasteiger partial charge in [0.15, 0.2) is 0 Å². The maximum absolute atomic E-state index is 6.11. The van der Waals surface area contributed by atoms with Crippen molar-refractivity contribution in [3.05, 3.63) is 29.8 Å². The molecular formula is C14H19NO. The summed E-state index contributed by atoms with van der Waals surface area (Å²) in [7, 11) is 0. The lowest BCUT2D eigenvalue weighted by Crippen LogP contribution is -2.18. The largest absolute Gasteiger partial charge is 0.490 e. The van der Waals surface area contributed by atoms with Crippen LogP contribution < -0.4 is 10.1 Å². The Morgan fingerprint density at radius 1 is 1.12 bits per heavy atom. The number of benzene rings is 1. The second-order valence-corrected chi connectivity index (χ2v) is 5.16. The molecule has 0 amide bonds. The van der Waals surface area contributed by atoms with Gasteiger partial charge in [-0.25, -0.2) is 0 Å². The van der Waals surface area contributed by atoms with Crippen LogP contribution in [0.25, 0.3) is 0 Å². The van der Waals surface area contributed by atoms with E-state index in [0.29, 0.717) is 6.10 Å². The predicted octanol–water partition coefficient (Wildman–Crippen LogP) is 2.37. The minimum Gasteiger partial charge on any atom is -0.490 e. The van der Waals surface area contributed by atoms with Crippen molar-refractivity contribution in [2.24, 2.45) is 11.8 Å². The molecule has 1 saturated heterocycles. The summed E-state index contributed by atoms with van der Waals surface area (Å²) in [5, 5.41) is 3.46. The van der Waals surface area contributed by atoms with E-state index in [2.05, 4.69) is 36.5 Å². The van der Waals surface area contributed by atoms with Gasteiger partial charge in [-0.3, -0.25) is 0 Å². The molecule has 2 atom stereocenters. The molecule has 16 heavy (non-hydrogen) atoms. The molecule has 1 aromatic rings. The van der Waals surface area contributed by atoms with Gasteiger partial charge in [0.25, 0.3) is 0 Å². The minimum absolute atomic E-state index is 0.443. The van der Waals surface area contributed by atoms with Crippen LogP contribution >= 0.6 is 0 Å². The Labute approximate surface area is 97.0 Å². The molecule has 1 heterocycles. The zero-order valence-corrected chi connectivity index (χ0v) is 9.78. The van der Waals surface area contributed by atoms with Crippen molar-refractivity contribution in [2.45, 2.75) is 25.9 Å². The van der Waals surface area contributed by atoms with E-state index in [-0.39, 0.29) is 0 Å². The number of hydrogen-bond donors (Lipinski definition) is 1. The quantitative estimate of drug-likeness (QED) is 0.821. The molecule has 1 saturated carbocycles. The van der Waals surface area contributed by atoms with Gasteiger partial charge in [-0.2, -0.15) is 0 Å². The fraction of sp³-hybridized carbons (Fsp3) is 0.571. The van der Waals surface area contributed by atoms with E-state index in [9.17, 15) is 0 Å². The van der Waals surface area contributed by atoms with Crippen LogP contribution in [0.3, 0.4) is 0 Å². The first-order valence-corrected chi connectivity index (χ1v) is 6.26. The first kappa shape index (κ1) is 10.2. The molecule has 2 fully saturated rings. The number of para-hydroxylation sites is 1. The fourth-order valence-corrected chi connectivity index (χ4v) is 3.08. The van der Waals surface area contributed by atoms with Gasteiger partial charge in [-0.05, 0) is 56.3 Å². The molecule has 1 N–H and O–H groups in total. The van der Waals surface area contributed by atoms with Crippen molar-refractivity contribution in [3.8, 4) is 5.75 Å². The topological polar surface area (TPSA) is 21.3 Å². The summed E-state index contributed by atoms with van der Waals surface area (Å²) >= 11 is 0. The third-order valence-corrected chi connectivity index (χ3v) is 4.00. The highest BCUT2D eigenvalue weighted by Gasteiger charge is 2.38. The summed E-state index contributed by atoms with van der Waals surface area (Å²) in [6, 6.07) is 8.32. The molecule has 2 aliphatic rings. The van der Waals surface area contributed by atoms with Crippen LogP contribution in [0, 0.1) is 18.8 Å². The number of rotatable bonds is 2. The summed E-state index contributed by atoms with van der Waals surface area (Å²) in [5.74, 6) is 2.78. The van der Waals surface area contributed by atoms with Gasteiger partial charge >= 0.3 is 0 Å². The molecule has 2 unspecified atom stereocenters. The van der Waals surface area contributed by atoms with Crippen molar-refractivity contribution in [2.75, 3.05) is 13.1 Å². The summed E-state index contributed by atoms with van der Waals surface area (Å²) in [4.78, 5) is 0. The van der Waals surface area contributed by atoms with Gasteiger partial charge in [0.2, 0.25) is 0 Å². The molecule has 0 radical (unpaired) electrons. The zero-order valence-electron chi connectivity index (χ0n) is 9.78. The van der Waals surface area contributed by atoms with Gasteiger partial charge < -0.3 is 10.1 Å². The first-order chi connectivity index (χ1) is 7.83. The Bertz CT molecular complexity index is 365. The van der Waals surface area contributed by atoms with E-state index in [1.807, 2.05) is 0 Å². The van der Waals surface area contributed by atoms with Crippen LogP contribution in [-0.4, -0.2) is 19.2 Å². The van der Waals surface area contributed by atoms with Gasteiger partial charge in [0.1, 0.15) is 5.75 Å². The Hall–Kier alpha value is -1.02. The monoisotopic (exact) mass is 217 g/mol. The molecule has 0 bridgehead atoms. The first-order valence-electron chi connectivity index (χ1n) is 6.26. The number of nitrogens with one attached hydrogen (secondary N) is 1. The van der Waals surface area contributed by atoms with Crippen molar-refractivity contribution >= 4 is 0 Å². The third kappa shape index (κ3) is 1.82. The molecule has 0 spiro atoms.